The molecule has 4 aromatic rings. The van der Waals surface area contributed by atoms with Crippen LogP contribution in [0.3, 0.4) is 0 Å². The zero-order valence-electron chi connectivity index (χ0n) is 16.6. The van der Waals surface area contributed by atoms with Crippen LogP contribution in [0.1, 0.15) is 18.1 Å². The smallest absolute Gasteiger partial charge is 0.235 e. The normalized spacial score (nSPS) is 10.6. The molecule has 1 amide bonds. The lowest BCUT2D eigenvalue weighted by atomic mass is 10.1. The van der Waals surface area contributed by atoms with Crippen molar-refractivity contribution in [2.45, 2.75) is 18.5 Å². The van der Waals surface area contributed by atoms with E-state index in [1.54, 1.807) is 23.8 Å². The Morgan fingerprint density at radius 1 is 1.16 bits per heavy atom. The van der Waals surface area contributed by atoms with Crippen LogP contribution in [-0.4, -0.2) is 31.4 Å². The van der Waals surface area contributed by atoms with Gasteiger partial charge in [0.05, 0.1) is 11.3 Å². The van der Waals surface area contributed by atoms with Crippen LogP contribution in [0, 0.1) is 11.3 Å². The number of rotatable bonds is 7. The fourth-order valence-electron chi connectivity index (χ4n) is 2.95. The summed E-state index contributed by atoms with van der Waals surface area (Å²) in [7, 11) is 0. The van der Waals surface area contributed by atoms with Crippen molar-refractivity contribution in [2.75, 3.05) is 11.1 Å². The van der Waals surface area contributed by atoms with Gasteiger partial charge in [0.1, 0.15) is 11.1 Å². The number of thiophene rings is 1. The number of aromatic nitrogens is 4. The summed E-state index contributed by atoms with van der Waals surface area (Å²) in [5.74, 6) is 0.620. The van der Waals surface area contributed by atoms with Gasteiger partial charge in [-0.3, -0.25) is 14.3 Å². The molecule has 0 saturated carbocycles. The molecule has 0 aliphatic heterocycles. The number of hydrogen-bond acceptors (Lipinski definition) is 7. The molecule has 154 valence electrons. The maximum absolute atomic E-state index is 12.5. The van der Waals surface area contributed by atoms with Gasteiger partial charge < -0.3 is 5.32 Å². The molecule has 1 aromatic carbocycles. The molecular weight excluding hydrogens is 428 g/mol. The largest absolute Gasteiger partial charge is 0.316 e. The molecule has 0 saturated heterocycles. The summed E-state index contributed by atoms with van der Waals surface area (Å²) < 4.78 is 1.94. The molecule has 0 unspecified atom stereocenters. The van der Waals surface area contributed by atoms with E-state index in [4.69, 9.17) is 5.26 Å². The summed E-state index contributed by atoms with van der Waals surface area (Å²) in [5.41, 5.74) is 3.50. The highest BCUT2D eigenvalue weighted by molar-refractivity contribution is 7.99. The van der Waals surface area contributed by atoms with Crippen LogP contribution in [0.2, 0.25) is 0 Å². The van der Waals surface area contributed by atoms with E-state index in [1.165, 1.54) is 28.7 Å². The summed E-state index contributed by atoms with van der Waals surface area (Å²) in [5, 5.41) is 23.6. The second-order valence-corrected chi connectivity index (χ2v) is 8.37. The van der Waals surface area contributed by atoms with Crippen LogP contribution in [0.15, 0.2) is 65.4 Å². The van der Waals surface area contributed by atoms with Crippen molar-refractivity contribution in [3.8, 4) is 23.1 Å². The van der Waals surface area contributed by atoms with Gasteiger partial charge in [0.2, 0.25) is 5.91 Å². The molecule has 4 rings (SSSR count). The molecule has 3 aromatic heterocycles. The number of benzene rings is 1. The summed E-state index contributed by atoms with van der Waals surface area (Å²) in [6, 6.07) is 15.7. The summed E-state index contributed by atoms with van der Waals surface area (Å²) in [4.78, 5) is 16.5. The standard InChI is InChI=1S/C22H18N6OS2/c1-2-15-3-5-18(6-4-15)28-20(16-7-10-24-11-8-16)26-27-22(28)31-14-19(29)25-21-17(13-23)9-12-30-21/h3-12H,2,14H2,1H3,(H,25,29). The molecule has 7 nitrogen and oxygen atoms in total. The van der Waals surface area contributed by atoms with Crippen LogP contribution in [0.25, 0.3) is 17.1 Å². The number of nitriles is 1. The average Bonchev–Trinajstić information content (AvgIpc) is 3.45. The second-order valence-electron chi connectivity index (χ2n) is 6.51. The summed E-state index contributed by atoms with van der Waals surface area (Å²) >= 11 is 2.62. The predicted octanol–water partition coefficient (Wildman–Crippen LogP) is 4.56. The molecule has 0 aliphatic rings. The first-order chi connectivity index (χ1) is 15.2. The monoisotopic (exact) mass is 446 g/mol. The Morgan fingerprint density at radius 2 is 1.94 bits per heavy atom. The number of pyridine rings is 1. The van der Waals surface area contributed by atoms with Crippen LogP contribution in [-0.2, 0) is 11.2 Å². The molecule has 0 aliphatic carbocycles. The minimum Gasteiger partial charge on any atom is -0.316 e. The van der Waals surface area contributed by atoms with Gasteiger partial charge in [-0.05, 0) is 47.7 Å². The Labute approximate surface area is 187 Å². The number of aryl methyl sites for hydroxylation is 1. The number of nitrogens with zero attached hydrogens (tertiary/aromatic N) is 5. The molecule has 9 heteroatoms. The van der Waals surface area contributed by atoms with Crippen LogP contribution < -0.4 is 5.32 Å². The third-order valence-electron chi connectivity index (χ3n) is 4.55. The Hall–Kier alpha value is -3.48. The highest BCUT2D eigenvalue weighted by Gasteiger charge is 2.18. The Morgan fingerprint density at radius 3 is 2.65 bits per heavy atom. The van der Waals surface area contributed by atoms with Gasteiger partial charge in [-0.2, -0.15) is 5.26 Å². The second kappa shape index (κ2) is 9.55. The fraction of sp³-hybridized carbons (Fsp3) is 0.136. The van der Waals surface area contributed by atoms with Crippen LogP contribution in [0.5, 0.6) is 0 Å². The maximum atomic E-state index is 12.5. The number of thioether (sulfide) groups is 1. The van der Waals surface area contributed by atoms with Crippen LogP contribution in [0.4, 0.5) is 5.00 Å². The molecule has 0 spiro atoms. The zero-order valence-corrected chi connectivity index (χ0v) is 18.3. The lowest BCUT2D eigenvalue weighted by molar-refractivity contribution is -0.113. The first-order valence-corrected chi connectivity index (χ1v) is 11.4. The summed E-state index contributed by atoms with van der Waals surface area (Å²) in [6.07, 6.45) is 4.38. The van der Waals surface area contributed by atoms with Gasteiger partial charge in [-0.1, -0.05) is 30.8 Å². The minimum absolute atomic E-state index is 0.143. The number of hydrogen-bond donors (Lipinski definition) is 1. The van der Waals surface area contributed by atoms with Gasteiger partial charge >= 0.3 is 0 Å². The zero-order chi connectivity index (χ0) is 21.6. The van der Waals surface area contributed by atoms with Crippen molar-refractivity contribution >= 4 is 34.0 Å². The quantitative estimate of drug-likeness (QED) is 0.418. The van der Waals surface area contributed by atoms with E-state index < -0.39 is 0 Å². The molecule has 1 N–H and O–H groups in total. The van der Waals surface area contributed by atoms with Gasteiger partial charge in [0, 0.05) is 23.6 Å². The molecule has 0 radical (unpaired) electrons. The number of anilines is 1. The maximum Gasteiger partial charge on any atom is 0.235 e. The highest BCUT2D eigenvalue weighted by atomic mass is 32.2. The molecule has 31 heavy (non-hydrogen) atoms. The lowest BCUT2D eigenvalue weighted by Gasteiger charge is -2.11. The third kappa shape index (κ3) is 4.66. The first kappa shape index (κ1) is 20.8. The van der Waals surface area contributed by atoms with Gasteiger partial charge in [-0.25, -0.2) is 0 Å². The number of nitrogens with one attached hydrogen (secondary N) is 1. The van der Waals surface area contributed by atoms with E-state index in [9.17, 15) is 4.79 Å². The molecule has 0 bridgehead atoms. The summed E-state index contributed by atoms with van der Waals surface area (Å²) in [6.45, 7) is 2.11. The van der Waals surface area contributed by atoms with Gasteiger partial charge in [0.15, 0.2) is 11.0 Å². The van der Waals surface area contributed by atoms with E-state index in [0.717, 1.165) is 17.7 Å². The molecule has 0 atom stereocenters. The van der Waals surface area contributed by atoms with E-state index in [1.807, 2.05) is 28.8 Å². The van der Waals surface area contributed by atoms with E-state index in [0.29, 0.717) is 21.5 Å². The molecule has 0 fully saturated rings. The van der Waals surface area contributed by atoms with Crippen LogP contribution >= 0.6 is 23.1 Å². The van der Waals surface area contributed by atoms with Crippen molar-refractivity contribution in [2.24, 2.45) is 0 Å². The third-order valence-corrected chi connectivity index (χ3v) is 6.30. The van der Waals surface area contributed by atoms with Crippen molar-refractivity contribution in [3.05, 3.63) is 71.4 Å². The molecule has 3 heterocycles. The average molecular weight is 447 g/mol. The number of carbonyl (C=O) groups excluding carboxylic acids is 1. The van der Waals surface area contributed by atoms with E-state index >= 15 is 0 Å². The van der Waals surface area contributed by atoms with Gasteiger partial charge in [0.25, 0.3) is 0 Å². The highest BCUT2D eigenvalue weighted by Crippen LogP contribution is 2.28. The van der Waals surface area contributed by atoms with Gasteiger partial charge in [-0.15, -0.1) is 21.5 Å². The SMILES string of the molecule is CCc1ccc(-n2c(SCC(=O)Nc3sccc3C#N)nnc2-c2ccncc2)cc1. The predicted molar refractivity (Wildman–Crippen MR) is 122 cm³/mol. The Bertz CT molecular complexity index is 1230. The number of carbonyl (C=O) groups is 1. The minimum atomic E-state index is -0.203. The lowest BCUT2D eigenvalue weighted by Crippen LogP contribution is -2.14. The van der Waals surface area contributed by atoms with E-state index in [2.05, 4.69) is 45.6 Å². The van der Waals surface area contributed by atoms with Crippen molar-refractivity contribution < 1.29 is 4.79 Å². The van der Waals surface area contributed by atoms with Crippen molar-refractivity contribution in [3.63, 3.8) is 0 Å². The first-order valence-electron chi connectivity index (χ1n) is 9.55. The fourth-order valence-corrected chi connectivity index (χ4v) is 4.46. The topological polar surface area (TPSA) is 96.5 Å². The van der Waals surface area contributed by atoms with Crippen molar-refractivity contribution in [1.82, 2.24) is 19.7 Å². The van der Waals surface area contributed by atoms with E-state index in [-0.39, 0.29) is 11.7 Å². The Kier molecular flexibility index (Phi) is 6.40. The Balaban J connectivity index is 1.60. The van der Waals surface area contributed by atoms with Crippen molar-refractivity contribution in [1.29, 1.82) is 5.26 Å². The number of amides is 1. The molecular formula is C22H18N6OS2.